The summed E-state index contributed by atoms with van der Waals surface area (Å²) < 4.78 is 18.6. The second-order valence-electron chi connectivity index (χ2n) is 26.1. The molecule has 0 spiro atoms. The van der Waals surface area contributed by atoms with Crippen molar-refractivity contribution in [3.05, 3.63) is 236 Å². The van der Waals surface area contributed by atoms with Gasteiger partial charge in [0, 0.05) is 53.2 Å². The number of carbonyl (C=O) groups is 1. The lowest BCUT2D eigenvalue weighted by atomic mass is 9.79. The predicted molar refractivity (Wildman–Crippen MR) is 327 cm³/mol. The predicted octanol–water partition coefficient (Wildman–Crippen LogP) is 12.3. The van der Waals surface area contributed by atoms with Crippen LogP contribution in [0.25, 0.3) is 5.57 Å². The zero-order chi connectivity index (χ0) is 58.4. The van der Waals surface area contributed by atoms with Gasteiger partial charge in [-0.3, -0.25) is 4.79 Å². The highest BCUT2D eigenvalue weighted by atomic mass is 16.5. The van der Waals surface area contributed by atoms with Gasteiger partial charge in [0.1, 0.15) is 11.4 Å². The third kappa shape index (κ3) is 15.0. The summed E-state index contributed by atoms with van der Waals surface area (Å²) in [5.74, 6) is -0.491. The van der Waals surface area contributed by atoms with E-state index in [2.05, 4.69) is 174 Å². The molecule has 12 nitrogen and oxygen atoms in total. The highest BCUT2D eigenvalue weighted by Gasteiger charge is 2.31. The SMILES string of the molecule is CC(C)(C)c1cc(Cn2cc(COCCN(CCOCc3cn(Cc4cc(C(C)(C)C)cc(C(C)(C)C)c4)nn3)c3ccc(C4=C([O-])C(=C5C=CC(=[N+](Cc6ccccc6)Cc6ccccc6)C=C5)C4=O)cc3)nn2)cc(C(C)(C)C)c1. The number of anilines is 1. The fraction of sp³-hybridized carbons (Fsp3) is 0.371. The smallest absolute Gasteiger partial charge is 0.200 e. The molecular formula is C70H82N8O4. The summed E-state index contributed by atoms with van der Waals surface area (Å²) in [6, 6.07) is 42.2. The fourth-order valence-corrected chi connectivity index (χ4v) is 10.2. The van der Waals surface area contributed by atoms with E-state index in [-0.39, 0.29) is 44.3 Å². The number of hydrogen-bond donors (Lipinski definition) is 0. The molecule has 0 saturated heterocycles. The van der Waals surface area contributed by atoms with Crippen LogP contribution < -0.4 is 10.0 Å². The summed E-state index contributed by atoms with van der Waals surface area (Å²) >= 11 is 0. The van der Waals surface area contributed by atoms with Crippen molar-refractivity contribution in [2.75, 3.05) is 31.2 Å². The van der Waals surface area contributed by atoms with Crippen LogP contribution in [-0.4, -0.2) is 72.4 Å². The third-order valence-electron chi connectivity index (χ3n) is 15.2. The van der Waals surface area contributed by atoms with Gasteiger partial charge in [-0.15, -0.1) is 10.2 Å². The molecule has 2 aromatic heterocycles. The molecule has 2 aliphatic rings. The van der Waals surface area contributed by atoms with E-state index in [1.54, 1.807) is 0 Å². The van der Waals surface area contributed by atoms with Gasteiger partial charge in [0.05, 0.1) is 51.9 Å². The van der Waals surface area contributed by atoms with Crippen molar-refractivity contribution < 1.29 is 24.0 Å². The molecule has 0 aliphatic heterocycles. The van der Waals surface area contributed by atoms with Gasteiger partial charge in [-0.1, -0.05) is 208 Å². The summed E-state index contributed by atoms with van der Waals surface area (Å²) in [7, 11) is 0. The van der Waals surface area contributed by atoms with Gasteiger partial charge in [0.15, 0.2) is 18.9 Å². The van der Waals surface area contributed by atoms with Crippen LogP contribution in [0.5, 0.6) is 0 Å². The number of benzene rings is 5. The van der Waals surface area contributed by atoms with E-state index in [1.807, 2.05) is 107 Å². The van der Waals surface area contributed by atoms with Gasteiger partial charge in [0.2, 0.25) is 5.71 Å². The Hall–Kier alpha value is -7.80. The molecule has 0 saturated carbocycles. The Bertz CT molecular complexity index is 3280. The molecule has 5 aromatic carbocycles. The molecule has 2 heterocycles. The largest absolute Gasteiger partial charge is 0.871 e. The summed E-state index contributed by atoms with van der Waals surface area (Å²) in [5.41, 5.74) is 15.1. The zero-order valence-electron chi connectivity index (χ0n) is 50.3. The average Bonchev–Trinajstić information content (AvgIpc) is 3.44. The molecule has 82 heavy (non-hydrogen) atoms. The first-order chi connectivity index (χ1) is 38.9. The molecule has 2 aliphatic carbocycles. The number of Topliss-reactive ketones (excluding diaryl/α,β-unsaturated/α-hetero) is 1. The van der Waals surface area contributed by atoms with Crippen LogP contribution >= 0.6 is 0 Å². The van der Waals surface area contributed by atoms with Gasteiger partial charge in [-0.2, -0.15) is 0 Å². The Morgan fingerprint density at radius 3 is 1.32 bits per heavy atom. The normalized spacial score (nSPS) is 14.0. The number of nitrogens with zero attached hydrogens (tertiary/aromatic N) is 8. The highest BCUT2D eigenvalue weighted by molar-refractivity contribution is 6.39. The highest BCUT2D eigenvalue weighted by Crippen LogP contribution is 2.38. The van der Waals surface area contributed by atoms with Crippen LogP contribution in [0.15, 0.2) is 175 Å². The van der Waals surface area contributed by atoms with Crippen molar-refractivity contribution in [1.29, 1.82) is 0 Å². The first-order valence-corrected chi connectivity index (χ1v) is 28.8. The van der Waals surface area contributed by atoms with Crippen LogP contribution in [0.3, 0.4) is 0 Å². The molecule has 0 atom stereocenters. The number of hydrogen-bond acceptors (Lipinski definition) is 9. The maximum Gasteiger partial charge on any atom is 0.200 e. The molecule has 0 bridgehead atoms. The molecule has 0 N–H and O–H groups in total. The summed E-state index contributed by atoms with van der Waals surface area (Å²) in [4.78, 5) is 16.1. The minimum atomic E-state index is -0.246. The van der Waals surface area contributed by atoms with Gasteiger partial charge in [-0.05, 0) is 90.5 Å². The molecule has 7 aromatic rings. The lowest BCUT2D eigenvalue weighted by molar-refractivity contribution is -0.558. The Kier molecular flexibility index (Phi) is 17.8. The molecule has 0 unspecified atom stereocenters. The van der Waals surface area contributed by atoms with Crippen LogP contribution in [0.2, 0.25) is 0 Å². The van der Waals surface area contributed by atoms with E-state index in [0.717, 1.165) is 22.8 Å². The molecule has 12 heteroatoms. The Balaban J connectivity index is 0.874. The third-order valence-corrected chi connectivity index (χ3v) is 15.2. The fourth-order valence-electron chi connectivity index (χ4n) is 10.2. The first kappa shape index (κ1) is 58.8. The number of ether oxygens (including phenoxy) is 2. The van der Waals surface area contributed by atoms with Crippen molar-refractivity contribution in [3.63, 3.8) is 0 Å². The Morgan fingerprint density at radius 2 is 0.927 bits per heavy atom. The van der Waals surface area contributed by atoms with Crippen LogP contribution in [0, 0.1) is 0 Å². The number of carbonyl (C=O) groups excluding carboxylic acids is 1. The van der Waals surface area contributed by atoms with E-state index in [0.29, 0.717) is 76.8 Å². The van der Waals surface area contributed by atoms with Gasteiger partial charge in [-0.25, -0.2) is 13.9 Å². The lowest BCUT2D eigenvalue weighted by Crippen LogP contribution is -2.31. The van der Waals surface area contributed by atoms with Crippen molar-refractivity contribution in [2.45, 2.75) is 144 Å². The van der Waals surface area contributed by atoms with Gasteiger partial charge < -0.3 is 19.5 Å². The van der Waals surface area contributed by atoms with Gasteiger partial charge >= 0.3 is 0 Å². The maximum atomic E-state index is 13.9. The number of rotatable bonds is 20. The molecule has 0 radical (unpaired) electrons. The molecule has 9 rings (SSSR count). The zero-order valence-corrected chi connectivity index (χ0v) is 50.3. The summed E-state index contributed by atoms with van der Waals surface area (Å²) in [6.45, 7) is 32.1. The second-order valence-corrected chi connectivity index (χ2v) is 26.1. The standard InChI is InChI=1S/C70H82N8O4/c1-67(2,3)55-35-51(36-56(39-55)68(4,5)6)43-77-45-59(71-73-77)47-81-33-31-75(32-34-82-48-60-46-78(74-72-60)44-52-37-57(69(7,8)9)40-58(38-52)70(10,11)12)61-27-23-53(24-28-61)63-65(79)64(66(63)80)54-25-29-62(30-26-54)76(41-49-19-15-13-16-20-49)42-50-21-17-14-18-22-50/h13-30,35-40,45-46H,31-34,41-44,47-48H2,1-12H3. The van der Waals surface area contributed by atoms with Crippen LogP contribution in [0.1, 0.15) is 145 Å². The molecular weight excluding hydrogens is 1020 g/mol. The van der Waals surface area contributed by atoms with E-state index in [1.165, 1.54) is 44.5 Å². The maximum absolute atomic E-state index is 13.9. The minimum Gasteiger partial charge on any atom is -0.871 e. The summed E-state index contributed by atoms with van der Waals surface area (Å²) in [5, 5.41) is 31.8. The van der Waals surface area contributed by atoms with E-state index >= 15 is 0 Å². The number of ketones is 1. The number of allylic oxidation sites excluding steroid dienone is 7. The average molecular weight is 1100 g/mol. The van der Waals surface area contributed by atoms with Gasteiger partial charge in [0.25, 0.3) is 0 Å². The monoisotopic (exact) mass is 1100 g/mol. The van der Waals surface area contributed by atoms with Crippen molar-refractivity contribution in [3.8, 4) is 0 Å². The summed E-state index contributed by atoms with van der Waals surface area (Å²) in [6.07, 6.45) is 11.7. The minimum absolute atomic E-state index is 0.0133. The Labute approximate surface area is 486 Å². The first-order valence-electron chi connectivity index (χ1n) is 28.8. The molecule has 426 valence electrons. The van der Waals surface area contributed by atoms with Crippen LogP contribution in [0.4, 0.5) is 5.69 Å². The topological polar surface area (TPSA) is 126 Å². The lowest BCUT2D eigenvalue weighted by Gasteiger charge is -2.32. The van der Waals surface area contributed by atoms with E-state index < -0.39 is 0 Å². The Morgan fingerprint density at radius 1 is 0.512 bits per heavy atom. The van der Waals surface area contributed by atoms with Crippen molar-refractivity contribution in [2.24, 2.45) is 0 Å². The van der Waals surface area contributed by atoms with Crippen LogP contribution in [-0.2, 0) is 75.3 Å². The second kappa shape index (κ2) is 24.7. The number of aromatic nitrogens is 6. The molecule has 0 fully saturated rings. The van der Waals surface area contributed by atoms with Crippen molar-refractivity contribution in [1.82, 2.24) is 30.0 Å². The van der Waals surface area contributed by atoms with E-state index in [9.17, 15) is 9.90 Å². The van der Waals surface area contributed by atoms with Crippen molar-refractivity contribution >= 4 is 22.8 Å². The van der Waals surface area contributed by atoms with E-state index in [4.69, 9.17) is 9.47 Å². The molecule has 0 amide bonds. The quantitative estimate of drug-likeness (QED) is 0.0416.